The predicted molar refractivity (Wildman–Crippen MR) is 86.9 cm³/mol. The predicted octanol–water partition coefficient (Wildman–Crippen LogP) is 3.41. The molecule has 2 aromatic rings. The van der Waals surface area contributed by atoms with Crippen LogP contribution in [0.5, 0.6) is 11.5 Å². The fourth-order valence-corrected chi connectivity index (χ4v) is 3.50. The number of nitrogens with zero attached hydrogens (tertiary/aromatic N) is 1. The van der Waals surface area contributed by atoms with E-state index in [2.05, 4.69) is 0 Å². The van der Waals surface area contributed by atoms with Crippen LogP contribution in [0.4, 0.5) is 5.69 Å². The summed E-state index contributed by atoms with van der Waals surface area (Å²) in [5.74, 6) is 1.72. The van der Waals surface area contributed by atoms with Gasteiger partial charge in [0.15, 0.2) is 15.8 Å². The molecule has 5 nitrogen and oxygen atoms in total. The highest BCUT2D eigenvalue weighted by atomic mass is 32.2. The van der Waals surface area contributed by atoms with Crippen molar-refractivity contribution in [2.75, 3.05) is 11.7 Å². The van der Waals surface area contributed by atoms with Crippen molar-refractivity contribution in [1.29, 1.82) is 0 Å². The maximum Gasteiger partial charge on any atom is 0.270 e. The summed E-state index contributed by atoms with van der Waals surface area (Å²) in [6, 6.07) is 8.86. The third-order valence-electron chi connectivity index (χ3n) is 3.22. The van der Waals surface area contributed by atoms with Crippen LogP contribution in [0.15, 0.2) is 45.9 Å². The van der Waals surface area contributed by atoms with Crippen molar-refractivity contribution >= 4 is 46.0 Å². The lowest BCUT2D eigenvalue weighted by Gasteiger charge is -2.14. The van der Waals surface area contributed by atoms with Crippen LogP contribution in [0, 0.1) is 0 Å². The molecule has 0 atom stereocenters. The van der Waals surface area contributed by atoms with E-state index in [1.165, 1.54) is 16.7 Å². The number of hydrogen-bond acceptors (Lipinski definition) is 6. The van der Waals surface area contributed by atoms with Gasteiger partial charge in [-0.05, 0) is 24.3 Å². The van der Waals surface area contributed by atoms with E-state index in [4.69, 9.17) is 26.1 Å². The van der Waals surface area contributed by atoms with E-state index in [1.54, 1.807) is 42.7 Å². The van der Waals surface area contributed by atoms with E-state index >= 15 is 0 Å². The molecule has 1 saturated heterocycles. The van der Waals surface area contributed by atoms with Gasteiger partial charge in [-0.1, -0.05) is 24.0 Å². The van der Waals surface area contributed by atoms with Crippen LogP contribution in [-0.4, -0.2) is 17.0 Å². The smallest absolute Gasteiger partial charge is 0.270 e. The van der Waals surface area contributed by atoms with E-state index in [0.717, 1.165) is 0 Å². The number of thioether (sulfide) groups is 1. The van der Waals surface area contributed by atoms with Gasteiger partial charge in [0.2, 0.25) is 6.79 Å². The van der Waals surface area contributed by atoms with Crippen LogP contribution in [0.25, 0.3) is 6.08 Å². The number of carbonyl (C=O) groups excluding carboxylic acids is 1. The average Bonchev–Trinajstić information content (AvgIpc) is 3.21. The van der Waals surface area contributed by atoms with Gasteiger partial charge in [-0.2, -0.15) is 0 Å². The van der Waals surface area contributed by atoms with Crippen molar-refractivity contribution in [2.45, 2.75) is 0 Å². The zero-order valence-electron chi connectivity index (χ0n) is 11.1. The number of ether oxygens (including phenoxy) is 2. The molecule has 1 fully saturated rings. The Morgan fingerprint density at radius 2 is 2.09 bits per heavy atom. The van der Waals surface area contributed by atoms with Crippen LogP contribution in [0.1, 0.15) is 5.76 Å². The van der Waals surface area contributed by atoms with Gasteiger partial charge in [0.05, 0.1) is 16.9 Å². The Hall–Kier alpha value is -2.25. The van der Waals surface area contributed by atoms with Crippen LogP contribution in [0.2, 0.25) is 0 Å². The lowest BCUT2D eigenvalue weighted by Crippen LogP contribution is -2.27. The van der Waals surface area contributed by atoms with Gasteiger partial charge in [-0.3, -0.25) is 9.69 Å². The second-order valence-corrected chi connectivity index (χ2v) is 6.25. The Morgan fingerprint density at radius 1 is 1.23 bits per heavy atom. The van der Waals surface area contributed by atoms with Gasteiger partial charge in [-0.15, -0.1) is 0 Å². The molecular weight excluding hydrogens is 322 g/mol. The number of amides is 1. The second-order valence-electron chi connectivity index (χ2n) is 4.57. The van der Waals surface area contributed by atoms with Gasteiger partial charge >= 0.3 is 0 Å². The van der Waals surface area contributed by atoms with Crippen LogP contribution < -0.4 is 14.4 Å². The van der Waals surface area contributed by atoms with Crippen LogP contribution in [-0.2, 0) is 4.79 Å². The molecule has 3 heterocycles. The lowest BCUT2D eigenvalue weighted by molar-refractivity contribution is -0.113. The quantitative estimate of drug-likeness (QED) is 0.621. The summed E-state index contributed by atoms with van der Waals surface area (Å²) < 4.78 is 16.3. The van der Waals surface area contributed by atoms with Crippen molar-refractivity contribution in [3.05, 3.63) is 47.3 Å². The highest BCUT2D eigenvalue weighted by molar-refractivity contribution is 8.27. The minimum absolute atomic E-state index is 0.176. The second kappa shape index (κ2) is 5.19. The van der Waals surface area contributed by atoms with Gasteiger partial charge in [0.1, 0.15) is 5.76 Å². The molecule has 0 spiro atoms. The van der Waals surface area contributed by atoms with E-state index in [1.807, 2.05) is 0 Å². The van der Waals surface area contributed by atoms with E-state index in [-0.39, 0.29) is 12.7 Å². The number of fused-ring (bicyclic) bond motifs is 1. The van der Waals surface area contributed by atoms with Crippen LogP contribution in [0.3, 0.4) is 0 Å². The Labute approximate surface area is 135 Å². The Kier molecular flexibility index (Phi) is 3.16. The number of carbonyl (C=O) groups is 1. The van der Waals surface area contributed by atoms with Gasteiger partial charge < -0.3 is 13.9 Å². The summed E-state index contributed by atoms with van der Waals surface area (Å²) in [5, 5.41) is 0. The summed E-state index contributed by atoms with van der Waals surface area (Å²) in [6.45, 7) is 0.190. The van der Waals surface area contributed by atoms with Crippen molar-refractivity contribution in [1.82, 2.24) is 0 Å². The molecule has 1 amide bonds. The monoisotopic (exact) mass is 331 g/mol. The Morgan fingerprint density at radius 3 is 2.91 bits per heavy atom. The summed E-state index contributed by atoms with van der Waals surface area (Å²) in [7, 11) is 0. The number of benzene rings is 1. The third kappa shape index (κ3) is 2.18. The molecule has 1 aromatic heterocycles. The lowest BCUT2D eigenvalue weighted by atomic mass is 10.2. The SMILES string of the molecule is O=C1C(=Cc2ccco2)SC(=S)N1c1ccc2c(c1)OCO2. The van der Waals surface area contributed by atoms with Gasteiger partial charge in [-0.25, -0.2) is 0 Å². The molecule has 110 valence electrons. The molecule has 0 bridgehead atoms. The van der Waals surface area contributed by atoms with Crippen molar-refractivity contribution in [3.8, 4) is 11.5 Å². The number of furan rings is 1. The number of hydrogen-bond donors (Lipinski definition) is 0. The normalized spacial score (nSPS) is 18.5. The number of anilines is 1. The van der Waals surface area contributed by atoms with E-state index < -0.39 is 0 Å². The molecule has 2 aliphatic rings. The number of rotatable bonds is 2. The Balaban J connectivity index is 1.68. The number of thiocarbonyl (C=S) groups is 1. The average molecular weight is 331 g/mol. The highest BCUT2D eigenvalue weighted by Crippen LogP contribution is 2.40. The van der Waals surface area contributed by atoms with Crippen LogP contribution >= 0.6 is 24.0 Å². The van der Waals surface area contributed by atoms with Gasteiger partial charge in [0, 0.05) is 12.1 Å². The first-order valence-electron chi connectivity index (χ1n) is 6.43. The molecule has 7 heteroatoms. The van der Waals surface area contributed by atoms with Gasteiger partial charge in [0.25, 0.3) is 5.91 Å². The fraction of sp³-hybridized carbons (Fsp3) is 0.0667. The van der Waals surface area contributed by atoms with Crippen molar-refractivity contribution in [2.24, 2.45) is 0 Å². The summed E-state index contributed by atoms with van der Waals surface area (Å²) in [6.07, 6.45) is 3.25. The molecule has 0 N–H and O–H groups in total. The van der Waals surface area contributed by atoms with Crippen molar-refractivity contribution < 1.29 is 18.7 Å². The summed E-state index contributed by atoms with van der Waals surface area (Å²) in [5.41, 5.74) is 0.662. The molecule has 0 unspecified atom stereocenters. The maximum atomic E-state index is 12.6. The zero-order valence-corrected chi connectivity index (χ0v) is 12.8. The molecule has 4 rings (SSSR count). The molecule has 0 saturated carbocycles. The summed E-state index contributed by atoms with van der Waals surface area (Å²) >= 11 is 6.57. The maximum absolute atomic E-state index is 12.6. The molecule has 0 radical (unpaired) electrons. The molecule has 1 aromatic carbocycles. The highest BCUT2D eigenvalue weighted by Gasteiger charge is 2.34. The standard InChI is InChI=1S/C15H9NO4S2/c17-14-13(7-10-2-1-5-18-10)22-15(21)16(14)9-3-4-11-12(6-9)20-8-19-11/h1-7H,8H2. The molecular formula is C15H9NO4S2. The minimum atomic E-state index is -0.176. The first kappa shape index (κ1) is 13.4. The topological polar surface area (TPSA) is 51.9 Å². The minimum Gasteiger partial charge on any atom is -0.465 e. The van der Waals surface area contributed by atoms with E-state index in [9.17, 15) is 4.79 Å². The molecule has 2 aliphatic heterocycles. The third-order valence-corrected chi connectivity index (χ3v) is 4.53. The summed E-state index contributed by atoms with van der Waals surface area (Å²) in [4.78, 5) is 14.6. The molecule has 0 aliphatic carbocycles. The zero-order chi connectivity index (χ0) is 15.1. The Bertz CT molecular complexity index is 798. The molecule has 22 heavy (non-hydrogen) atoms. The van der Waals surface area contributed by atoms with Crippen molar-refractivity contribution in [3.63, 3.8) is 0 Å². The first-order chi connectivity index (χ1) is 10.7. The first-order valence-corrected chi connectivity index (χ1v) is 7.66. The largest absolute Gasteiger partial charge is 0.465 e. The van der Waals surface area contributed by atoms with E-state index in [0.29, 0.717) is 32.2 Å². The fourth-order valence-electron chi connectivity index (χ4n) is 2.22.